The molecule has 0 aliphatic carbocycles. The minimum Gasteiger partial charge on any atom is -0.391 e. The second kappa shape index (κ2) is 6.60. The first-order valence-corrected chi connectivity index (χ1v) is 9.28. The molecule has 2 heterocycles. The maximum absolute atomic E-state index is 14.0. The van der Waals surface area contributed by atoms with Gasteiger partial charge in [0.05, 0.1) is 6.54 Å². The third-order valence-corrected chi connectivity index (χ3v) is 5.31. The summed E-state index contributed by atoms with van der Waals surface area (Å²) < 4.78 is 5.38. The Bertz CT molecular complexity index is 1230. The summed E-state index contributed by atoms with van der Waals surface area (Å²) in [6.45, 7) is 0.403. The Morgan fingerprint density at radius 1 is 0.862 bits per heavy atom. The van der Waals surface area contributed by atoms with Crippen molar-refractivity contribution >= 4 is 11.6 Å². The molecule has 1 amide bonds. The van der Waals surface area contributed by atoms with E-state index in [4.69, 9.17) is 4.42 Å². The second-order valence-corrected chi connectivity index (χ2v) is 6.93. The van der Waals surface area contributed by atoms with Crippen LogP contribution in [0.5, 0.6) is 0 Å². The van der Waals surface area contributed by atoms with E-state index in [1.807, 2.05) is 84.9 Å². The number of aromatic nitrogens is 2. The van der Waals surface area contributed by atoms with Gasteiger partial charge in [-0.05, 0) is 17.2 Å². The first-order valence-electron chi connectivity index (χ1n) is 9.28. The van der Waals surface area contributed by atoms with Crippen molar-refractivity contribution in [2.24, 2.45) is 0 Å². The smallest absolute Gasteiger partial charge is 0.391 e. The minimum atomic E-state index is -1.33. The number of aromatic amines is 1. The van der Waals surface area contributed by atoms with Crippen LogP contribution in [0.25, 0.3) is 0 Å². The van der Waals surface area contributed by atoms with Crippen LogP contribution < -0.4 is 10.7 Å². The van der Waals surface area contributed by atoms with Crippen LogP contribution in [0.3, 0.4) is 0 Å². The second-order valence-electron chi connectivity index (χ2n) is 6.93. The summed E-state index contributed by atoms with van der Waals surface area (Å²) in [6.07, 6.45) is 0. The number of nitrogens with zero attached hydrogens (tertiary/aromatic N) is 2. The molecule has 1 N–H and O–H groups in total. The normalized spacial score (nSPS) is 18.1. The zero-order valence-corrected chi connectivity index (χ0v) is 15.4. The van der Waals surface area contributed by atoms with Gasteiger partial charge in [-0.25, -0.2) is 9.89 Å². The molecule has 6 nitrogen and oxygen atoms in total. The molecular weight excluding hydrogens is 366 g/mol. The van der Waals surface area contributed by atoms with E-state index in [-0.39, 0.29) is 11.8 Å². The van der Waals surface area contributed by atoms with Crippen molar-refractivity contribution in [2.45, 2.75) is 12.0 Å². The highest BCUT2D eigenvalue weighted by molar-refractivity contribution is 6.12. The topological polar surface area (TPSA) is 79.2 Å². The van der Waals surface area contributed by atoms with Gasteiger partial charge in [-0.2, -0.15) is 0 Å². The van der Waals surface area contributed by atoms with Crippen molar-refractivity contribution < 1.29 is 9.21 Å². The first kappa shape index (κ1) is 17.2. The van der Waals surface area contributed by atoms with Crippen molar-refractivity contribution in [1.82, 2.24) is 10.2 Å². The number of carbonyl (C=O) groups is 1. The average Bonchev–Trinajstić information content (AvgIpc) is 3.30. The van der Waals surface area contributed by atoms with Crippen molar-refractivity contribution in [3.63, 3.8) is 0 Å². The van der Waals surface area contributed by atoms with Gasteiger partial charge < -0.3 is 9.32 Å². The number of fused-ring (bicyclic) bond motifs is 1. The van der Waals surface area contributed by atoms with Gasteiger partial charge in [0, 0.05) is 11.3 Å². The molecule has 0 spiro atoms. The number of amides is 1. The number of anilines is 1. The lowest BCUT2D eigenvalue weighted by molar-refractivity contribution is -0.121. The van der Waals surface area contributed by atoms with E-state index in [1.54, 1.807) is 4.90 Å². The Morgan fingerprint density at radius 3 is 2.21 bits per heavy atom. The van der Waals surface area contributed by atoms with Crippen LogP contribution in [0.2, 0.25) is 0 Å². The molecule has 142 valence electrons. The fourth-order valence-corrected chi connectivity index (χ4v) is 4.06. The number of hydrogen-bond acceptors (Lipinski definition) is 4. The SMILES string of the molecule is O=C1N(Cc2ccccc2)c2ccccc2C1(c1ccccc1)c1n[nH]c(=O)o1. The number of para-hydroxylation sites is 1. The molecule has 3 aromatic carbocycles. The largest absolute Gasteiger partial charge is 0.434 e. The number of benzene rings is 3. The van der Waals surface area contributed by atoms with Crippen LogP contribution in [0.4, 0.5) is 5.69 Å². The molecule has 0 saturated heterocycles. The van der Waals surface area contributed by atoms with Gasteiger partial charge >= 0.3 is 5.76 Å². The van der Waals surface area contributed by atoms with Crippen molar-refractivity contribution in [2.75, 3.05) is 4.90 Å². The van der Waals surface area contributed by atoms with Gasteiger partial charge in [-0.3, -0.25) is 4.79 Å². The maximum atomic E-state index is 14.0. The van der Waals surface area contributed by atoms with Crippen molar-refractivity contribution in [1.29, 1.82) is 0 Å². The van der Waals surface area contributed by atoms with E-state index in [1.165, 1.54) is 0 Å². The molecule has 0 fully saturated rings. The van der Waals surface area contributed by atoms with E-state index in [2.05, 4.69) is 10.2 Å². The summed E-state index contributed by atoms with van der Waals surface area (Å²) in [4.78, 5) is 27.5. The summed E-state index contributed by atoms with van der Waals surface area (Å²) in [5.41, 5.74) is 1.88. The molecule has 1 atom stereocenters. The van der Waals surface area contributed by atoms with Gasteiger partial charge in [-0.15, -0.1) is 5.10 Å². The molecule has 0 saturated carbocycles. The van der Waals surface area contributed by atoms with E-state index in [0.717, 1.165) is 16.8 Å². The monoisotopic (exact) mass is 383 g/mol. The van der Waals surface area contributed by atoms with Gasteiger partial charge in [0.25, 0.3) is 5.91 Å². The third kappa shape index (κ3) is 2.53. The van der Waals surface area contributed by atoms with Crippen LogP contribution in [-0.2, 0) is 16.8 Å². The summed E-state index contributed by atoms with van der Waals surface area (Å²) >= 11 is 0. The highest BCUT2D eigenvalue weighted by atomic mass is 16.4. The van der Waals surface area contributed by atoms with Crippen LogP contribution in [-0.4, -0.2) is 16.1 Å². The molecule has 0 bridgehead atoms. The van der Waals surface area contributed by atoms with Gasteiger partial charge in [0.2, 0.25) is 5.89 Å². The summed E-state index contributed by atoms with van der Waals surface area (Å²) in [6, 6.07) is 26.7. The Kier molecular flexibility index (Phi) is 3.91. The maximum Gasteiger partial charge on any atom is 0.434 e. The highest BCUT2D eigenvalue weighted by Crippen LogP contribution is 2.49. The Morgan fingerprint density at radius 2 is 1.52 bits per heavy atom. The minimum absolute atomic E-state index is 0.0433. The fourth-order valence-electron chi connectivity index (χ4n) is 4.06. The van der Waals surface area contributed by atoms with Gasteiger partial charge in [-0.1, -0.05) is 78.9 Å². The zero-order chi connectivity index (χ0) is 19.8. The van der Waals surface area contributed by atoms with Crippen molar-refractivity contribution in [3.8, 4) is 0 Å². The number of hydrogen-bond donors (Lipinski definition) is 1. The number of H-pyrrole nitrogens is 1. The molecule has 0 radical (unpaired) electrons. The summed E-state index contributed by atoms with van der Waals surface area (Å²) in [5.74, 6) is -0.854. The Labute approximate surface area is 166 Å². The molecule has 5 rings (SSSR count). The Hall–Kier alpha value is -3.93. The molecule has 1 aromatic heterocycles. The first-order chi connectivity index (χ1) is 14.2. The standard InChI is InChI=1S/C23H17N3O3/c27-21-23(17-11-5-2-6-12-17,20-24-25-22(28)29-20)18-13-7-8-14-19(18)26(21)15-16-9-3-1-4-10-16/h1-14H,15H2,(H,25,28). The summed E-state index contributed by atoms with van der Waals surface area (Å²) in [7, 11) is 0. The molecule has 6 heteroatoms. The van der Waals surface area contributed by atoms with Crippen LogP contribution in [0.15, 0.2) is 94.1 Å². The van der Waals surface area contributed by atoms with Gasteiger partial charge in [0.1, 0.15) is 0 Å². The fraction of sp³-hybridized carbons (Fsp3) is 0.0870. The lowest BCUT2D eigenvalue weighted by Crippen LogP contribution is -2.42. The van der Waals surface area contributed by atoms with E-state index >= 15 is 0 Å². The highest BCUT2D eigenvalue weighted by Gasteiger charge is 2.57. The lowest BCUT2D eigenvalue weighted by atomic mass is 9.75. The summed E-state index contributed by atoms with van der Waals surface area (Å²) in [5, 5.41) is 6.40. The Balaban J connectivity index is 1.77. The van der Waals surface area contributed by atoms with Crippen molar-refractivity contribution in [3.05, 3.63) is 118 Å². The van der Waals surface area contributed by atoms with E-state index < -0.39 is 11.2 Å². The van der Waals surface area contributed by atoms with E-state index in [0.29, 0.717) is 12.1 Å². The molecule has 4 aromatic rings. The molecule has 1 aliphatic rings. The number of carbonyl (C=O) groups excluding carboxylic acids is 1. The number of rotatable bonds is 4. The van der Waals surface area contributed by atoms with Crippen LogP contribution >= 0.6 is 0 Å². The zero-order valence-electron chi connectivity index (χ0n) is 15.4. The molecular formula is C23H17N3O3. The van der Waals surface area contributed by atoms with Crippen LogP contribution in [0, 0.1) is 0 Å². The molecule has 29 heavy (non-hydrogen) atoms. The predicted octanol–water partition coefficient (Wildman–Crippen LogP) is 3.24. The van der Waals surface area contributed by atoms with Gasteiger partial charge in [0.15, 0.2) is 5.41 Å². The molecule has 1 unspecified atom stereocenters. The quantitative estimate of drug-likeness (QED) is 0.587. The predicted molar refractivity (Wildman–Crippen MR) is 108 cm³/mol. The third-order valence-electron chi connectivity index (χ3n) is 5.31. The molecule has 1 aliphatic heterocycles. The van der Waals surface area contributed by atoms with E-state index in [9.17, 15) is 9.59 Å². The van der Waals surface area contributed by atoms with Crippen LogP contribution in [0.1, 0.15) is 22.6 Å². The average molecular weight is 383 g/mol. The lowest BCUT2D eigenvalue weighted by Gasteiger charge is -2.26. The number of nitrogens with one attached hydrogen (secondary N) is 1.